The van der Waals surface area contributed by atoms with Crippen molar-refractivity contribution in [1.29, 1.82) is 0 Å². The van der Waals surface area contributed by atoms with Crippen LogP contribution in [0.25, 0.3) is 32.3 Å². The lowest BCUT2D eigenvalue weighted by Gasteiger charge is -2.46. The molecule has 2 aliphatic rings. The Kier molecular flexibility index (Phi) is 4.69. The third-order valence-electron chi connectivity index (χ3n) is 8.75. The van der Waals surface area contributed by atoms with Crippen LogP contribution in [0.1, 0.15) is 47.2 Å². The molecule has 0 atom stereocenters. The fourth-order valence-electron chi connectivity index (χ4n) is 7.02. The van der Waals surface area contributed by atoms with Crippen LogP contribution in [0, 0.1) is 0 Å². The molecule has 0 bridgehead atoms. The minimum atomic E-state index is -0.358. The van der Waals surface area contributed by atoms with Crippen molar-refractivity contribution in [3.63, 3.8) is 0 Å². The quantitative estimate of drug-likeness (QED) is 0.228. The van der Waals surface area contributed by atoms with E-state index in [0.717, 1.165) is 21.1 Å². The van der Waals surface area contributed by atoms with Gasteiger partial charge in [0.2, 0.25) is 0 Å². The largest absolute Gasteiger partial charge is 0.148 e. The van der Waals surface area contributed by atoms with E-state index in [9.17, 15) is 0 Å². The Balaban J connectivity index is 1.41. The second-order valence-electron chi connectivity index (χ2n) is 11.1. The summed E-state index contributed by atoms with van der Waals surface area (Å²) in [6, 6.07) is 44.3. The van der Waals surface area contributed by atoms with Gasteiger partial charge in [0.05, 0.1) is 5.41 Å². The van der Waals surface area contributed by atoms with Crippen molar-refractivity contribution < 1.29 is 0 Å². The molecule has 1 aromatic heterocycles. The third kappa shape index (κ3) is 2.97. The summed E-state index contributed by atoms with van der Waals surface area (Å²) in [5.41, 5.74) is 12.6. The zero-order valence-electron chi connectivity index (χ0n) is 21.8. The van der Waals surface area contributed by atoms with E-state index in [1.807, 2.05) is 18.2 Å². The van der Waals surface area contributed by atoms with Gasteiger partial charge in [0.1, 0.15) is 10.0 Å². The van der Waals surface area contributed by atoms with E-state index in [1.54, 1.807) is 11.3 Å². The maximum Gasteiger partial charge on any atom is 0.148 e. The zero-order chi connectivity index (χ0) is 26.2. The van der Waals surface area contributed by atoms with Gasteiger partial charge in [-0.2, -0.15) is 0 Å². The molecule has 0 saturated carbocycles. The minimum absolute atomic E-state index is 0.174. The van der Waals surface area contributed by atoms with E-state index in [-0.39, 0.29) is 10.8 Å². The van der Waals surface area contributed by atoms with Crippen molar-refractivity contribution >= 4 is 11.3 Å². The normalized spacial score (nSPS) is 15.3. The Morgan fingerprint density at radius 1 is 0.462 bits per heavy atom. The second kappa shape index (κ2) is 8.08. The molecule has 0 aliphatic heterocycles. The van der Waals surface area contributed by atoms with E-state index in [2.05, 4.69) is 127 Å². The van der Waals surface area contributed by atoms with Gasteiger partial charge in [-0.3, -0.25) is 0 Å². The predicted molar refractivity (Wildman–Crippen MR) is 160 cm³/mol. The van der Waals surface area contributed by atoms with Crippen LogP contribution in [0.15, 0.2) is 121 Å². The molecular formula is C36H26N2S. The Morgan fingerprint density at radius 2 is 0.974 bits per heavy atom. The van der Waals surface area contributed by atoms with Gasteiger partial charge in [0.25, 0.3) is 0 Å². The van der Waals surface area contributed by atoms with Gasteiger partial charge >= 0.3 is 0 Å². The molecule has 5 aromatic carbocycles. The molecule has 2 nitrogen and oxygen atoms in total. The number of fused-ring (bicyclic) bond motifs is 9. The molecule has 0 amide bonds. The van der Waals surface area contributed by atoms with Crippen LogP contribution in [0.4, 0.5) is 0 Å². The average molecular weight is 519 g/mol. The molecule has 0 radical (unpaired) electrons. The maximum atomic E-state index is 4.63. The summed E-state index contributed by atoms with van der Waals surface area (Å²) in [6.45, 7) is 4.73. The highest BCUT2D eigenvalue weighted by Gasteiger charge is 2.53. The molecule has 39 heavy (non-hydrogen) atoms. The van der Waals surface area contributed by atoms with Crippen molar-refractivity contribution in [3.05, 3.63) is 155 Å². The summed E-state index contributed by atoms with van der Waals surface area (Å²) in [6.07, 6.45) is 0. The van der Waals surface area contributed by atoms with Crippen molar-refractivity contribution in [1.82, 2.24) is 10.2 Å². The number of rotatable bonds is 2. The number of hydrogen-bond acceptors (Lipinski definition) is 3. The molecule has 1 heterocycles. The summed E-state index contributed by atoms with van der Waals surface area (Å²) in [5, 5.41) is 11.1. The van der Waals surface area contributed by atoms with Crippen LogP contribution in [0.2, 0.25) is 0 Å². The SMILES string of the molecule is CC1(C)c2ccccc2C2(c3ccccc3-c3ccccc32)c2ccc(-c3nnc(-c4ccccc4)s3)cc21. The third-order valence-corrected chi connectivity index (χ3v) is 9.77. The van der Waals surface area contributed by atoms with E-state index in [0.29, 0.717) is 0 Å². The standard InChI is InChI=1S/C36H26N2S/c1-35(2)29-18-10-11-19-30(29)36(27-16-8-6-14-25(27)26-15-7-9-17-28(26)36)31-21-20-24(22-32(31)35)34-38-37-33(39-34)23-12-4-3-5-13-23/h3-22H,1-2H3. The molecule has 8 rings (SSSR count). The Hall–Kier alpha value is -4.34. The summed E-state index contributed by atoms with van der Waals surface area (Å²) in [5.74, 6) is 0. The maximum absolute atomic E-state index is 4.63. The first-order chi connectivity index (χ1) is 19.1. The van der Waals surface area contributed by atoms with E-state index < -0.39 is 0 Å². The van der Waals surface area contributed by atoms with Crippen molar-refractivity contribution in [3.8, 4) is 32.3 Å². The predicted octanol–water partition coefficient (Wildman–Crippen LogP) is 8.87. The molecule has 1 spiro atoms. The molecule has 0 saturated heterocycles. The van der Waals surface area contributed by atoms with Crippen LogP contribution in [0.5, 0.6) is 0 Å². The highest BCUT2D eigenvalue weighted by Crippen LogP contribution is 2.62. The van der Waals surface area contributed by atoms with Gasteiger partial charge in [-0.25, -0.2) is 0 Å². The Bertz CT molecular complexity index is 1850. The molecule has 0 N–H and O–H groups in total. The van der Waals surface area contributed by atoms with Crippen LogP contribution in [0.3, 0.4) is 0 Å². The minimum Gasteiger partial charge on any atom is -0.138 e. The summed E-state index contributed by atoms with van der Waals surface area (Å²) < 4.78 is 0. The summed E-state index contributed by atoms with van der Waals surface area (Å²) in [4.78, 5) is 0. The topological polar surface area (TPSA) is 25.8 Å². The van der Waals surface area contributed by atoms with Crippen molar-refractivity contribution in [2.24, 2.45) is 0 Å². The van der Waals surface area contributed by atoms with Crippen LogP contribution < -0.4 is 0 Å². The first-order valence-corrected chi connectivity index (χ1v) is 14.3. The number of nitrogens with zero attached hydrogens (tertiary/aromatic N) is 2. The van der Waals surface area contributed by atoms with Gasteiger partial charge in [-0.15, -0.1) is 10.2 Å². The monoisotopic (exact) mass is 518 g/mol. The van der Waals surface area contributed by atoms with Crippen LogP contribution >= 0.6 is 11.3 Å². The lowest BCUT2D eigenvalue weighted by Crippen LogP contribution is -2.40. The van der Waals surface area contributed by atoms with Crippen molar-refractivity contribution in [2.75, 3.05) is 0 Å². The summed E-state index contributed by atoms with van der Waals surface area (Å²) in [7, 11) is 0. The van der Waals surface area contributed by atoms with E-state index in [4.69, 9.17) is 0 Å². The zero-order valence-corrected chi connectivity index (χ0v) is 22.7. The fraction of sp³-hybridized carbons (Fsp3) is 0.111. The summed E-state index contributed by atoms with van der Waals surface area (Å²) >= 11 is 1.65. The van der Waals surface area contributed by atoms with Gasteiger partial charge < -0.3 is 0 Å². The molecule has 3 heteroatoms. The smallest absolute Gasteiger partial charge is 0.138 e. The molecule has 6 aromatic rings. The molecule has 0 fully saturated rings. The number of aromatic nitrogens is 2. The van der Waals surface area contributed by atoms with Gasteiger partial charge in [0.15, 0.2) is 0 Å². The second-order valence-corrected chi connectivity index (χ2v) is 12.0. The highest BCUT2D eigenvalue weighted by atomic mass is 32.1. The Morgan fingerprint density at radius 3 is 1.64 bits per heavy atom. The molecular weight excluding hydrogens is 492 g/mol. The lowest BCUT2D eigenvalue weighted by atomic mass is 9.55. The Labute approximate surface area is 232 Å². The van der Waals surface area contributed by atoms with Crippen molar-refractivity contribution in [2.45, 2.75) is 24.7 Å². The first-order valence-electron chi connectivity index (χ1n) is 13.4. The molecule has 0 unspecified atom stereocenters. The first kappa shape index (κ1) is 22.6. The van der Waals surface area contributed by atoms with Gasteiger partial charge in [0, 0.05) is 16.5 Å². The number of hydrogen-bond donors (Lipinski definition) is 0. The average Bonchev–Trinajstić information content (AvgIpc) is 3.59. The molecule has 2 aliphatic carbocycles. The number of benzene rings is 5. The van der Waals surface area contributed by atoms with Gasteiger partial charge in [-0.05, 0) is 50.6 Å². The van der Waals surface area contributed by atoms with E-state index >= 15 is 0 Å². The highest BCUT2D eigenvalue weighted by molar-refractivity contribution is 7.17. The van der Waals surface area contributed by atoms with Crippen LogP contribution in [-0.2, 0) is 10.8 Å². The van der Waals surface area contributed by atoms with Gasteiger partial charge in [-0.1, -0.05) is 140 Å². The molecule has 186 valence electrons. The van der Waals surface area contributed by atoms with E-state index in [1.165, 1.54) is 44.5 Å². The fourth-order valence-corrected chi connectivity index (χ4v) is 7.86. The lowest BCUT2D eigenvalue weighted by molar-refractivity contribution is 0.563. The van der Waals surface area contributed by atoms with Crippen LogP contribution in [-0.4, -0.2) is 10.2 Å².